The molecule has 2 aromatic rings. The van der Waals surface area contributed by atoms with Crippen molar-refractivity contribution in [3.63, 3.8) is 0 Å². The number of hydrogen-bond acceptors (Lipinski definition) is 7. The van der Waals surface area contributed by atoms with Gasteiger partial charge in [0.2, 0.25) is 5.91 Å². The smallest absolute Gasteiger partial charge is 0.257 e. The average Bonchev–Trinajstić information content (AvgIpc) is 2.70. The van der Waals surface area contributed by atoms with Gasteiger partial charge < -0.3 is 9.47 Å². The number of sulfone groups is 1. The summed E-state index contributed by atoms with van der Waals surface area (Å²) in [6, 6.07) is 12.8. The maximum atomic E-state index is 12.1. The zero-order chi connectivity index (χ0) is 22.1. The number of imide groups is 1. The Morgan fingerprint density at radius 1 is 1.07 bits per heavy atom. The van der Waals surface area contributed by atoms with Crippen molar-refractivity contribution in [3.05, 3.63) is 54.1 Å². The highest BCUT2D eigenvalue weighted by Gasteiger charge is 2.13. The predicted molar refractivity (Wildman–Crippen MR) is 113 cm³/mol. The molecule has 0 radical (unpaired) electrons. The maximum absolute atomic E-state index is 12.1. The minimum absolute atomic E-state index is 0.0610. The molecule has 30 heavy (non-hydrogen) atoms. The number of methoxy groups -OCH3 is 1. The molecule has 0 atom stereocenters. The second-order valence-electron chi connectivity index (χ2n) is 6.79. The van der Waals surface area contributed by atoms with Gasteiger partial charge in [-0.1, -0.05) is 6.07 Å². The fourth-order valence-corrected chi connectivity index (χ4v) is 3.28. The highest BCUT2D eigenvalue weighted by molar-refractivity contribution is 7.90. The molecule has 1 N–H and O–H groups in total. The van der Waals surface area contributed by atoms with Crippen molar-refractivity contribution in [3.8, 4) is 11.5 Å². The first kappa shape index (κ1) is 23.4. The summed E-state index contributed by atoms with van der Waals surface area (Å²) in [5.74, 6) is 0.233. The molecule has 2 amide bonds. The zero-order valence-electron chi connectivity index (χ0n) is 17.3. The van der Waals surface area contributed by atoms with Crippen LogP contribution < -0.4 is 14.8 Å². The van der Waals surface area contributed by atoms with Gasteiger partial charge in [-0.2, -0.15) is 0 Å². The predicted octanol–water partition coefficient (Wildman–Crippen LogP) is 1.76. The third kappa shape index (κ3) is 7.49. The van der Waals surface area contributed by atoms with E-state index in [0.717, 1.165) is 6.26 Å². The molecule has 0 aliphatic rings. The van der Waals surface area contributed by atoms with E-state index in [2.05, 4.69) is 5.32 Å². The van der Waals surface area contributed by atoms with Crippen LogP contribution in [0.25, 0.3) is 0 Å². The Labute approximate surface area is 176 Å². The van der Waals surface area contributed by atoms with E-state index < -0.39 is 21.7 Å². The molecular formula is C21H26N2O6S. The van der Waals surface area contributed by atoms with Crippen molar-refractivity contribution in [2.45, 2.75) is 11.3 Å². The first-order valence-electron chi connectivity index (χ1n) is 9.29. The fraction of sp³-hybridized carbons (Fsp3) is 0.333. The van der Waals surface area contributed by atoms with E-state index in [4.69, 9.17) is 9.47 Å². The number of likely N-dealkylation sites (N-methyl/N-ethyl adjacent to an activating group) is 1. The van der Waals surface area contributed by atoms with Gasteiger partial charge in [0.1, 0.15) is 11.5 Å². The van der Waals surface area contributed by atoms with E-state index >= 15 is 0 Å². The standard InChI is InChI=1S/C21H26N2O6S/c1-23(12-5-13-29-18-6-4-7-19(14-18)30(3,26)27)15-20(24)22-21(25)16-8-10-17(28-2)11-9-16/h4,6-11,14H,5,12-13,15H2,1-3H3,(H,22,24,25). The third-order valence-corrected chi connectivity index (χ3v) is 5.32. The van der Waals surface area contributed by atoms with Crippen molar-refractivity contribution in [1.82, 2.24) is 10.2 Å². The summed E-state index contributed by atoms with van der Waals surface area (Å²) in [5.41, 5.74) is 0.372. The lowest BCUT2D eigenvalue weighted by Gasteiger charge is -2.16. The molecule has 2 aromatic carbocycles. The summed E-state index contributed by atoms with van der Waals surface area (Å²) >= 11 is 0. The number of nitrogens with zero attached hydrogens (tertiary/aromatic N) is 1. The van der Waals surface area contributed by atoms with Crippen LogP contribution in [0.3, 0.4) is 0 Å². The molecule has 0 saturated carbocycles. The molecule has 0 saturated heterocycles. The second kappa shape index (κ2) is 10.7. The highest BCUT2D eigenvalue weighted by Crippen LogP contribution is 2.17. The first-order valence-corrected chi connectivity index (χ1v) is 11.2. The van der Waals surface area contributed by atoms with Crippen molar-refractivity contribution >= 4 is 21.7 Å². The molecule has 0 aromatic heterocycles. The number of ether oxygens (including phenoxy) is 2. The van der Waals surface area contributed by atoms with Gasteiger partial charge in [-0.15, -0.1) is 0 Å². The van der Waals surface area contributed by atoms with Crippen LogP contribution in [0.5, 0.6) is 11.5 Å². The lowest BCUT2D eigenvalue weighted by molar-refractivity contribution is -0.121. The van der Waals surface area contributed by atoms with Crippen LogP contribution in [0.1, 0.15) is 16.8 Å². The summed E-state index contributed by atoms with van der Waals surface area (Å²) in [6.45, 7) is 0.991. The Balaban J connectivity index is 1.72. The number of carbonyl (C=O) groups is 2. The summed E-state index contributed by atoms with van der Waals surface area (Å²) in [4.78, 5) is 26.1. The fourth-order valence-electron chi connectivity index (χ4n) is 2.62. The van der Waals surface area contributed by atoms with Crippen molar-refractivity contribution in [2.24, 2.45) is 0 Å². The summed E-state index contributed by atoms with van der Waals surface area (Å²) in [5, 5.41) is 2.35. The van der Waals surface area contributed by atoms with Crippen LogP contribution >= 0.6 is 0 Å². The van der Waals surface area contributed by atoms with E-state index in [9.17, 15) is 18.0 Å². The van der Waals surface area contributed by atoms with E-state index in [1.807, 2.05) is 0 Å². The van der Waals surface area contributed by atoms with Crippen molar-refractivity contribution in [1.29, 1.82) is 0 Å². The molecule has 0 unspecified atom stereocenters. The Morgan fingerprint density at radius 3 is 2.40 bits per heavy atom. The average molecular weight is 435 g/mol. The third-order valence-electron chi connectivity index (χ3n) is 4.21. The quantitative estimate of drug-likeness (QED) is 0.569. The number of amides is 2. The largest absolute Gasteiger partial charge is 0.497 e. The normalized spacial score (nSPS) is 11.2. The molecule has 8 nitrogen and oxygen atoms in total. The van der Waals surface area contributed by atoms with Gasteiger partial charge in [-0.3, -0.25) is 19.8 Å². The van der Waals surface area contributed by atoms with Crippen LogP contribution in [0, 0.1) is 0 Å². The monoisotopic (exact) mass is 434 g/mol. The van der Waals surface area contributed by atoms with Crippen LogP contribution in [-0.4, -0.2) is 65.2 Å². The molecule has 2 rings (SSSR count). The molecule has 162 valence electrons. The van der Waals surface area contributed by atoms with Crippen molar-refractivity contribution < 1.29 is 27.5 Å². The number of nitrogens with one attached hydrogen (secondary N) is 1. The van der Waals surface area contributed by atoms with Crippen LogP contribution in [0.15, 0.2) is 53.4 Å². The van der Waals surface area contributed by atoms with E-state index in [1.54, 1.807) is 48.3 Å². The lowest BCUT2D eigenvalue weighted by atomic mass is 10.2. The maximum Gasteiger partial charge on any atom is 0.257 e. The molecule has 0 bridgehead atoms. The number of benzene rings is 2. The summed E-state index contributed by atoms with van der Waals surface area (Å²) in [6.07, 6.45) is 1.77. The Kier molecular flexibility index (Phi) is 8.37. The van der Waals surface area contributed by atoms with Gasteiger partial charge in [0.15, 0.2) is 9.84 Å². The minimum atomic E-state index is -3.28. The first-order chi connectivity index (χ1) is 14.2. The molecule has 0 heterocycles. The van der Waals surface area contributed by atoms with E-state index in [0.29, 0.717) is 36.6 Å². The Hall–Kier alpha value is -2.91. The van der Waals surface area contributed by atoms with Gasteiger partial charge >= 0.3 is 0 Å². The van der Waals surface area contributed by atoms with Crippen molar-refractivity contribution in [2.75, 3.05) is 40.1 Å². The van der Waals surface area contributed by atoms with Gasteiger partial charge in [-0.05, 0) is 55.9 Å². The Bertz CT molecular complexity index is 973. The highest BCUT2D eigenvalue weighted by atomic mass is 32.2. The van der Waals surface area contributed by atoms with E-state index in [-0.39, 0.29) is 11.4 Å². The van der Waals surface area contributed by atoms with Crippen LogP contribution in [-0.2, 0) is 14.6 Å². The second-order valence-corrected chi connectivity index (χ2v) is 8.81. The SMILES string of the molecule is COc1ccc(C(=O)NC(=O)CN(C)CCCOc2cccc(S(C)(=O)=O)c2)cc1. The molecule has 9 heteroatoms. The van der Waals surface area contributed by atoms with Gasteiger partial charge in [-0.25, -0.2) is 8.42 Å². The van der Waals surface area contributed by atoms with Gasteiger partial charge in [0.25, 0.3) is 5.91 Å². The summed E-state index contributed by atoms with van der Waals surface area (Å²) in [7, 11) is 0.0165. The molecule has 0 aliphatic heterocycles. The summed E-state index contributed by atoms with van der Waals surface area (Å²) < 4.78 is 33.8. The topological polar surface area (TPSA) is 102 Å². The van der Waals surface area contributed by atoms with Crippen LogP contribution in [0.4, 0.5) is 0 Å². The van der Waals surface area contributed by atoms with Gasteiger partial charge in [0.05, 0.1) is 25.2 Å². The minimum Gasteiger partial charge on any atom is -0.497 e. The number of rotatable bonds is 10. The molecule has 0 spiro atoms. The van der Waals surface area contributed by atoms with E-state index in [1.165, 1.54) is 19.2 Å². The Morgan fingerprint density at radius 2 is 1.77 bits per heavy atom. The number of carbonyl (C=O) groups excluding carboxylic acids is 2. The number of hydrogen-bond donors (Lipinski definition) is 1. The molecular weight excluding hydrogens is 408 g/mol. The van der Waals surface area contributed by atoms with Crippen LogP contribution in [0.2, 0.25) is 0 Å². The van der Waals surface area contributed by atoms with Gasteiger partial charge in [0, 0.05) is 18.4 Å². The lowest BCUT2D eigenvalue weighted by Crippen LogP contribution is -2.39. The molecule has 0 aliphatic carbocycles. The zero-order valence-corrected chi connectivity index (χ0v) is 18.1. The molecule has 0 fully saturated rings.